The molecule has 2 aliphatic rings. The first kappa shape index (κ1) is 15.9. The third kappa shape index (κ3) is 3.18. The first-order valence-electron chi connectivity index (χ1n) is 8.94. The molecule has 0 radical (unpaired) electrons. The van der Waals surface area contributed by atoms with Gasteiger partial charge in [-0.1, -0.05) is 36.4 Å². The number of ether oxygens (including phenoxy) is 1. The summed E-state index contributed by atoms with van der Waals surface area (Å²) >= 11 is 0. The molecule has 1 saturated heterocycles. The number of piperidine rings is 1. The van der Waals surface area contributed by atoms with Crippen LogP contribution in [-0.4, -0.2) is 25.0 Å². The SMILES string of the molecule is O=C1CC[C@H](C(=O)N[C@H]2CCCOc3c2ccc2ccccc32)CN1. The van der Waals surface area contributed by atoms with E-state index in [2.05, 4.69) is 34.9 Å². The Kier molecular flexibility index (Phi) is 4.30. The van der Waals surface area contributed by atoms with Crippen molar-refractivity contribution in [2.75, 3.05) is 13.2 Å². The summed E-state index contributed by atoms with van der Waals surface area (Å²) in [5, 5.41) is 8.21. The molecule has 0 bridgehead atoms. The molecule has 0 aliphatic carbocycles. The monoisotopic (exact) mass is 338 g/mol. The third-order valence-electron chi connectivity index (χ3n) is 5.12. The van der Waals surface area contributed by atoms with E-state index in [1.54, 1.807) is 0 Å². The van der Waals surface area contributed by atoms with Gasteiger partial charge >= 0.3 is 0 Å². The predicted octanol–water partition coefficient (Wildman–Crippen LogP) is 2.70. The summed E-state index contributed by atoms with van der Waals surface area (Å²) in [5.74, 6) is 0.790. The Morgan fingerprint density at radius 1 is 1.16 bits per heavy atom. The molecule has 25 heavy (non-hydrogen) atoms. The molecule has 4 rings (SSSR count). The number of carbonyl (C=O) groups is 2. The highest BCUT2D eigenvalue weighted by molar-refractivity contribution is 5.90. The molecule has 130 valence electrons. The molecule has 2 aromatic carbocycles. The summed E-state index contributed by atoms with van der Waals surface area (Å²) < 4.78 is 6.02. The minimum atomic E-state index is -0.147. The summed E-state index contributed by atoms with van der Waals surface area (Å²) in [6.07, 6.45) is 2.80. The zero-order chi connectivity index (χ0) is 17.2. The molecule has 0 saturated carbocycles. The molecule has 2 atom stereocenters. The lowest BCUT2D eigenvalue weighted by Gasteiger charge is -2.25. The third-order valence-corrected chi connectivity index (χ3v) is 5.12. The molecule has 0 aromatic heterocycles. The number of benzene rings is 2. The van der Waals surface area contributed by atoms with Crippen molar-refractivity contribution in [2.24, 2.45) is 5.92 Å². The quantitative estimate of drug-likeness (QED) is 0.885. The van der Waals surface area contributed by atoms with Gasteiger partial charge in [0.1, 0.15) is 5.75 Å². The largest absolute Gasteiger partial charge is 0.493 e. The van der Waals surface area contributed by atoms with Crippen LogP contribution in [0.5, 0.6) is 5.75 Å². The van der Waals surface area contributed by atoms with Crippen LogP contribution in [0.1, 0.15) is 37.3 Å². The van der Waals surface area contributed by atoms with Crippen molar-refractivity contribution in [1.29, 1.82) is 0 Å². The zero-order valence-electron chi connectivity index (χ0n) is 14.1. The summed E-state index contributed by atoms with van der Waals surface area (Å²) in [6, 6.07) is 12.3. The predicted molar refractivity (Wildman–Crippen MR) is 95.3 cm³/mol. The Morgan fingerprint density at radius 2 is 2.04 bits per heavy atom. The fraction of sp³-hybridized carbons (Fsp3) is 0.400. The molecule has 5 nitrogen and oxygen atoms in total. The van der Waals surface area contributed by atoms with E-state index >= 15 is 0 Å². The molecule has 5 heteroatoms. The van der Waals surface area contributed by atoms with E-state index in [0.29, 0.717) is 26.0 Å². The average Bonchev–Trinajstić information content (AvgIpc) is 2.85. The summed E-state index contributed by atoms with van der Waals surface area (Å²) in [4.78, 5) is 24.0. The first-order valence-corrected chi connectivity index (χ1v) is 8.94. The smallest absolute Gasteiger partial charge is 0.225 e. The highest BCUT2D eigenvalue weighted by Crippen LogP contribution is 2.37. The molecule has 2 heterocycles. The van der Waals surface area contributed by atoms with Gasteiger partial charge in [-0.05, 0) is 24.6 Å². The van der Waals surface area contributed by atoms with Gasteiger partial charge in [0.15, 0.2) is 0 Å². The van der Waals surface area contributed by atoms with Crippen molar-refractivity contribution in [3.8, 4) is 5.75 Å². The first-order chi connectivity index (χ1) is 12.2. The number of carbonyl (C=O) groups excluding carboxylic acids is 2. The Bertz CT molecular complexity index is 808. The topological polar surface area (TPSA) is 67.4 Å². The Hall–Kier alpha value is -2.56. The van der Waals surface area contributed by atoms with Gasteiger partial charge in [0.25, 0.3) is 0 Å². The molecule has 2 amide bonds. The van der Waals surface area contributed by atoms with E-state index in [1.807, 2.05) is 12.1 Å². The van der Waals surface area contributed by atoms with Crippen LogP contribution < -0.4 is 15.4 Å². The van der Waals surface area contributed by atoms with E-state index < -0.39 is 0 Å². The van der Waals surface area contributed by atoms with Crippen molar-refractivity contribution in [3.05, 3.63) is 42.0 Å². The number of rotatable bonds is 2. The van der Waals surface area contributed by atoms with Crippen LogP contribution in [-0.2, 0) is 9.59 Å². The van der Waals surface area contributed by atoms with Crippen molar-refractivity contribution in [3.63, 3.8) is 0 Å². The highest BCUT2D eigenvalue weighted by atomic mass is 16.5. The molecular weight excluding hydrogens is 316 g/mol. The van der Waals surface area contributed by atoms with Gasteiger partial charge in [-0.15, -0.1) is 0 Å². The summed E-state index contributed by atoms with van der Waals surface area (Å²) in [5.41, 5.74) is 1.05. The van der Waals surface area contributed by atoms with E-state index in [4.69, 9.17) is 4.74 Å². The number of hydrogen-bond donors (Lipinski definition) is 2. The van der Waals surface area contributed by atoms with E-state index in [9.17, 15) is 9.59 Å². The molecular formula is C20H22N2O3. The normalized spacial score (nSPS) is 23.1. The second-order valence-corrected chi connectivity index (χ2v) is 6.80. The van der Waals surface area contributed by atoms with Gasteiger partial charge in [0, 0.05) is 23.9 Å². The van der Waals surface area contributed by atoms with Crippen molar-refractivity contribution >= 4 is 22.6 Å². The summed E-state index contributed by atoms with van der Waals surface area (Å²) in [6.45, 7) is 1.09. The molecule has 2 aromatic rings. The van der Waals surface area contributed by atoms with Crippen LogP contribution in [0.4, 0.5) is 0 Å². The molecule has 2 N–H and O–H groups in total. The van der Waals surface area contributed by atoms with Gasteiger partial charge in [0.2, 0.25) is 11.8 Å². The van der Waals surface area contributed by atoms with Crippen molar-refractivity contribution in [1.82, 2.24) is 10.6 Å². The van der Waals surface area contributed by atoms with Gasteiger partial charge in [0.05, 0.1) is 18.6 Å². The lowest BCUT2D eigenvalue weighted by Crippen LogP contribution is -2.43. The van der Waals surface area contributed by atoms with E-state index in [0.717, 1.165) is 34.9 Å². The Balaban J connectivity index is 1.60. The van der Waals surface area contributed by atoms with Crippen molar-refractivity contribution in [2.45, 2.75) is 31.7 Å². The summed E-state index contributed by atoms with van der Waals surface area (Å²) in [7, 11) is 0. The molecule has 0 unspecified atom stereocenters. The number of fused-ring (bicyclic) bond motifs is 3. The van der Waals surface area contributed by atoms with Crippen LogP contribution in [0.3, 0.4) is 0 Å². The Labute approximate surface area is 146 Å². The van der Waals surface area contributed by atoms with Crippen LogP contribution in [0.25, 0.3) is 10.8 Å². The maximum absolute atomic E-state index is 12.7. The van der Waals surface area contributed by atoms with Crippen LogP contribution in [0, 0.1) is 5.92 Å². The van der Waals surface area contributed by atoms with Gasteiger partial charge < -0.3 is 15.4 Å². The lowest BCUT2D eigenvalue weighted by molar-refractivity contribution is -0.129. The minimum Gasteiger partial charge on any atom is -0.493 e. The standard InChI is InChI=1S/C20H22N2O3/c23-18-10-8-14(12-21-18)20(24)22-17-6-3-11-25-19-15-5-2-1-4-13(15)7-9-16(17)19/h1-2,4-5,7,9,14,17H,3,6,8,10-12H2,(H,21,23)(H,22,24)/t14-,17-/m0/s1. The number of nitrogens with one attached hydrogen (secondary N) is 2. The molecule has 2 aliphatic heterocycles. The second-order valence-electron chi connectivity index (χ2n) is 6.80. The Morgan fingerprint density at radius 3 is 2.88 bits per heavy atom. The second kappa shape index (κ2) is 6.75. The fourth-order valence-electron chi connectivity index (χ4n) is 3.71. The van der Waals surface area contributed by atoms with Gasteiger partial charge in [-0.2, -0.15) is 0 Å². The van der Waals surface area contributed by atoms with Crippen molar-refractivity contribution < 1.29 is 14.3 Å². The number of hydrogen-bond acceptors (Lipinski definition) is 3. The minimum absolute atomic E-state index is 0.0195. The van der Waals surface area contributed by atoms with E-state index in [-0.39, 0.29) is 23.8 Å². The maximum atomic E-state index is 12.7. The average molecular weight is 338 g/mol. The fourth-order valence-corrected chi connectivity index (χ4v) is 3.71. The molecule has 0 spiro atoms. The van der Waals surface area contributed by atoms with Gasteiger partial charge in [-0.3, -0.25) is 9.59 Å². The maximum Gasteiger partial charge on any atom is 0.225 e. The van der Waals surface area contributed by atoms with Gasteiger partial charge in [-0.25, -0.2) is 0 Å². The van der Waals surface area contributed by atoms with Crippen LogP contribution >= 0.6 is 0 Å². The number of amides is 2. The lowest BCUT2D eigenvalue weighted by atomic mass is 9.95. The van der Waals surface area contributed by atoms with E-state index in [1.165, 1.54) is 0 Å². The highest BCUT2D eigenvalue weighted by Gasteiger charge is 2.28. The zero-order valence-corrected chi connectivity index (χ0v) is 14.1. The van der Waals surface area contributed by atoms with Crippen LogP contribution in [0.2, 0.25) is 0 Å². The molecule has 1 fully saturated rings. The van der Waals surface area contributed by atoms with Crippen LogP contribution in [0.15, 0.2) is 36.4 Å².